The van der Waals surface area contributed by atoms with E-state index in [-0.39, 0.29) is 0 Å². The maximum absolute atomic E-state index is 11.0. The summed E-state index contributed by atoms with van der Waals surface area (Å²) in [4.78, 5) is 15.6. The van der Waals surface area contributed by atoms with Crippen LogP contribution in [-0.2, 0) is 11.2 Å². The van der Waals surface area contributed by atoms with E-state index in [2.05, 4.69) is 11.9 Å². The lowest BCUT2D eigenvalue weighted by Gasteiger charge is -2.00. The number of fused-ring (bicyclic) bond motifs is 1. The standard InChI is InChI=1S/C17H24N4O2/c1-2-3-4-5-6-7-14-17(18)21-11-10-13(12-15(21)19-14)8-9-16(22)20-23/h8-12,23H,2-7,18H2,1H3,(H,20,22)/b9-8+. The molecule has 0 atom stereocenters. The van der Waals surface area contributed by atoms with Crippen LogP contribution in [0.25, 0.3) is 11.7 Å². The van der Waals surface area contributed by atoms with Crippen molar-refractivity contribution in [1.82, 2.24) is 14.9 Å². The lowest BCUT2D eigenvalue weighted by molar-refractivity contribution is -0.124. The van der Waals surface area contributed by atoms with Crippen LogP contribution in [0.4, 0.5) is 5.82 Å². The largest absolute Gasteiger partial charge is 0.383 e. The fourth-order valence-corrected chi connectivity index (χ4v) is 2.52. The lowest BCUT2D eigenvalue weighted by Crippen LogP contribution is -2.14. The Balaban J connectivity index is 2.08. The normalized spacial score (nSPS) is 11.4. The third-order valence-electron chi connectivity index (χ3n) is 3.82. The Bertz CT molecular complexity index is 691. The molecule has 0 saturated heterocycles. The molecule has 0 spiro atoms. The van der Waals surface area contributed by atoms with Gasteiger partial charge in [-0.2, -0.15) is 0 Å². The van der Waals surface area contributed by atoms with Gasteiger partial charge in [0, 0.05) is 12.3 Å². The number of nitrogen functional groups attached to an aromatic ring is 1. The summed E-state index contributed by atoms with van der Waals surface area (Å²) in [6.07, 6.45) is 11.7. The van der Waals surface area contributed by atoms with Gasteiger partial charge in [0.15, 0.2) is 0 Å². The van der Waals surface area contributed by atoms with Crippen LogP contribution in [0.3, 0.4) is 0 Å². The molecule has 2 rings (SSSR count). The third-order valence-corrected chi connectivity index (χ3v) is 3.82. The van der Waals surface area contributed by atoms with Crippen molar-refractivity contribution in [3.63, 3.8) is 0 Å². The maximum Gasteiger partial charge on any atom is 0.267 e. The van der Waals surface area contributed by atoms with Crippen molar-refractivity contribution in [2.45, 2.75) is 45.4 Å². The number of amides is 1. The number of aryl methyl sites for hydroxylation is 1. The predicted octanol–water partition coefficient (Wildman–Crippen LogP) is 2.95. The Morgan fingerprint density at radius 1 is 1.39 bits per heavy atom. The van der Waals surface area contributed by atoms with Gasteiger partial charge in [-0.05, 0) is 36.6 Å². The van der Waals surface area contributed by atoms with Crippen molar-refractivity contribution in [2.24, 2.45) is 0 Å². The summed E-state index contributed by atoms with van der Waals surface area (Å²) < 4.78 is 1.85. The van der Waals surface area contributed by atoms with Crippen LogP contribution in [0, 0.1) is 0 Å². The van der Waals surface area contributed by atoms with Crippen molar-refractivity contribution in [3.05, 3.63) is 35.7 Å². The lowest BCUT2D eigenvalue weighted by atomic mass is 10.1. The van der Waals surface area contributed by atoms with Crippen molar-refractivity contribution in [1.29, 1.82) is 0 Å². The second-order valence-corrected chi connectivity index (χ2v) is 5.61. The Morgan fingerprint density at radius 3 is 2.91 bits per heavy atom. The number of carbonyl (C=O) groups excluding carboxylic acids is 1. The zero-order chi connectivity index (χ0) is 16.7. The molecule has 4 N–H and O–H groups in total. The number of nitrogens with zero attached hydrogens (tertiary/aromatic N) is 2. The van der Waals surface area contributed by atoms with Gasteiger partial charge >= 0.3 is 0 Å². The van der Waals surface area contributed by atoms with Gasteiger partial charge in [0.2, 0.25) is 0 Å². The SMILES string of the molecule is CCCCCCCc1nc2cc(/C=C/C(=O)NO)ccn2c1N. The van der Waals surface area contributed by atoms with Gasteiger partial charge in [0.1, 0.15) is 11.5 Å². The Labute approximate surface area is 136 Å². The Kier molecular flexibility index (Phi) is 6.17. The number of pyridine rings is 1. The monoisotopic (exact) mass is 316 g/mol. The Hall–Kier alpha value is -2.34. The number of imidazole rings is 1. The van der Waals surface area contributed by atoms with Crippen LogP contribution in [0.5, 0.6) is 0 Å². The molecule has 2 aromatic heterocycles. The van der Waals surface area contributed by atoms with Crippen LogP contribution in [0.1, 0.15) is 50.3 Å². The highest BCUT2D eigenvalue weighted by Crippen LogP contribution is 2.19. The van der Waals surface area contributed by atoms with Gasteiger partial charge < -0.3 is 5.73 Å². The minimum Gasteiger partial charge on any atom is -0.383 e. The number of unbranched alkanes of at least 4 members (excludes halogenated alkanes) is 4. The number of anilines is 1. The van der Waals surface area contributed by atoms with Crippen LogP contribution < -0.4 is 11.2 Å². The summed E-state index contributed by atoms with van der Waals surface area (Å²) in [6.45, 7) is 2.20. The van der Waals surface area contributed by atoms with Gasteiger partial charge in [0.25, 0.3) is 5.91 Å². The average Bonchev–Trinajstić information content (AvgIpc) is 2.88. The summed E-state index contributed by atoms with van der Waals surface area (Å²) in [5.41, 5.74) is 10.2. The molecule has 0 aliphatic carbocycles. The highest BCUT2D eigenvalue weighted by atomic mass is 16.5. The summed E-state index contributed by atoms with van der Waals surface area (Å²) in [5, 5.41) is 8.48. The van der Waals surface area contributed by atoms with Gasteiger partial charge in [-0.3, -0.25) is 14.4 Å². The zero-order valence-corrected chi connectivity index (χ0v) is 13.5. The minimum absolute atomic E-state index is 0.569. The van der Waals surface area contributed by atoms with Crippen LogP contribution >= 0.6 is 0 Å². The van der Waals surface area contributed by atoms with Crippen LogP contribution in [-0.4, -0.2) is 20.5 Å². The number of hydrogen-bond acceptors (Lipinski definition) is 4. The fourth-order valence-electron chi connectivity index (χ4n) is 2.52. The second-order valence-electron chi connectivity index (χ2n) is 5.61. The van der Waals surface area contributed by atoms with E-state index >= 15 is 0 Å². The van der Waals surface area contributed by atoms with E-state index in [1.54, 1.807) is 11.6 Å². The smallest absolute Gasteiger partial charge is 0.267 e. The quantitative estimate of drug-likeness (QED) is 0.302. The molecule has 1 amide bonds. The highest BCUT2D eigenvalue weighted by Gasteiger charge is 2.09. The highest BCUT2D eigenvalue weighted by molar-refractivity contribution is 5.90. The molecule has 6 nitrogen and oxygen atoms in total. The van der Waals surface area contributed by atoms with Crippen LogP contribution in [0.2, 0.25) is 0 Å². The Morgan fingerprint density at radius 2 is 2.17 bits per heavy atom. The van der Waals surface area contributed by atoms with Crippen molar-refractivity contribution in [3.8, 4) is 0 Å². The molecule has 0 fully saturated rings. The van der Waals surface area contributed by atoms with Crippen molar-refractivity contribution < 1.29 is 10.0 Å². The van der Waals surface area contributed by atoms with Gasteiger partial charge in [-0.1, -0.05) is 32.6 Å². The molecular formula is C17H24N4O2. The summed E-state index contributed by atoms with van der Waals surface area (Å²) >= 11 is 0. The number of hydrogen-bond donors (Lipinski definition) is 3. The summed E-state index contributed by atoms with van der Waals surface area (Å²) in [6, 6.07) is 3.70. The number of carbonyl (C=O) groups is 1. The van der Waals surface area contributed by atoms with E-state index in [0.717, 1.165) is 29.7 Å². The van der Waals surface area contributed by atoms with Gasteiger partial charge in [0.05, 0.1) is 5.69 Å². The van der Waals surface area contributed by atoms with Gasteiger partial charge in [-0.25, -0.2) is 10.5 Å². The molecule has 0 aliphatic heterocycles. The fraction of sp³-hybridized carbons (Fsp3) is 0.412. The average molecular weight is 316 g/mol. The van der Waals surface area contributed by atoms with E-state index < -0.39 is 5.91 Å². The first-order valence-electron chi connectivity index (χ1n) is 8.04. The van der Waals surface area contributed by atoms with Crippen LogP contribution in [0.15, 0.2) is 24.4 Å². The van der Waals surface area contributed by atoms with E-state index in [0.29, 0.717) is 5.82 Å². The van der Waals surface area contributed by atoms with E-state index in [4.69, 9.17) is 10.9 Å². The molecular weight excluding hydrogens is 292 g/mol. The summed E-state index contributed by atoms with van der Waals surface area (Å²) in [7, 11) is 0. The van der Waals surface area contributed by atoms with E-state index in [9.17, 15) is 4.79 Å². The number of nitrogens with two attached hydrogens (primary N) is 1. The number of rotatable bonds is 8. The van der Waals surface area contributed by atoms with E-state index in [1.807, 2.05) is 22.7 Å². The molecule has 0 unspecified atom stereocenters. The third kappa shape index (κ3) is 4.56. The molecule has 2 aromatic rings. The molecule has 0 bridgehead atoms. The minimum atomic E-state index is -0.569. The molecule has 124 valence electrons. The van der Waals surface area contributed by atoms with Crippen molar-refractivity contribution in [2.75, 3.05) is 5.73 Å². The number of aromatic nitrogens is 2. The number of hydroxylamine groups is 1. The molecule has 0 radical (unpaired) electrons. The first-order valence-corrected chi connectivity index (χ1v) is 8.04. The molecule has 6 heteroatoms. The molecule has 23 heavy (non-hydrogen) atoms. The topological polar surface area (TPSA) is 92.6 Å². The maximum atomic E-state index is 11.0. The molecule has 0 aromatic carbocycles. The second kappa shape index (κ2) is 8.33. The number of nitrogens with one attached hydrogen (secondary N) is 1. The van der Waals surface area contributed by atoms with Crippen molar-refractivity contribution >= 4 is 23.4 Å². The molecule has 0 saturated carbocycles. The molecule has 2 heterocycles. The predicted molar refractivity (Wildman–Crippen MR) is 91.0 cm³/mol. The molecule has 0 aliphatic rings. The first-order chi connectivity index (χ1) is 11.2. The van der Waals surface area contributed by atoms with Gasteiger partial charge in [-0.15, -0.1) is 0 Å². The summed E-state index contributed by atoms with van der Waals surface area (Å²) in [5.74, 6) is 0.111. The first kappa shape index (κ1) is 17.0. The zero-order valence-electron chi connectivity index (χ0n) is 13.5. The van der Waals surface area contributed by atoms with E-state index in [1.165, 1.54) is 31.8 Å².